The molecule has 0 saturated heterocycles. The van der Waals surface area contributed by atoms with Crippen molar-refractivity contribution >= 4 is 22.6 Å². The molecule has 102 valence electrons. The minimum Gasteiger partial charge on any atom is -0.252 e. The molecule has 1 aromatic heterocycles. The van der Waals surface area contributed by atoms with Gasteiger partial charge in [-0.3, -0.25) is 4.68 Å². The summed E-state index contributed by atoms with van der Waals surface area (Å²) in [5.74, 6) is 0.580. The topological polar surface area (TPSA) is 30.7 Å². The molecule has 2 aromatic rings. The van der Waals surface area contributed by atoms with E-state index >= 15 is 0 Å². The fraction of sp³-hybridized carbons (Fsp3) is 0.467. The molecule has 2 unspecified atom stereocenters. The molecule has 2 atom stereocenters. The molecule has 2 rings (SSSR count). The van der Waals surface area contributed by atoms with Crippen LogP contribution in [0.25, 0.3) is 0 Å². The predicted octanol–water partition coefficient (Wildman–Crippen LogP) is 3.89. The van der Waals surface area contributed by atoms with Crippen LogP contribution in [0.1, 0.15) is 32.8 Å². The largest absolute Gasteiger partial charge is 0.252 e. The summed E-state index contributed by atoms with van der Waals surface area (Å²) in [6.07, 6.45) is 4.55. The van der Waals surface area contributed by atoms with Gasteiger partial charge in [0.1, 0.15) is 12.7 Å². The maximum absolute atomic E-state index is 4.27. The summed E-state index contributed by atoms with van der Waals surface area (Å²) in [6.45, 7) is 7.75. The lowest BCUT2D eigenvalue weighted by Gasteiger charge is -2.36. The van der Waals surface area contributed by atoms with E-state index in [1.807, 2.05) is 4.68 Å². The summed E-state index contributed by atoms with van der Waals surface area (Å²) < 4.78 is 3.21. The van der Waals surface area contributed by atoms with Crippen molar-refractivity contribution in [3.8, 4) is 0 Å². The number of nitrogens with zero attached hydrogens (tertiary/aromatic N) is 3. The molecule has 4 heteroatoms. The molecule has 0 spiro atoms. The second-order valence-electron chi connectivity index (χ2n) is 5.33. The van der Waals surface area contributed by atoms with Crippen molar-refractivity contribution in [1.82, 2.24) is 14.8 Å². The zero-order chi connectivity index (χ0) is 13.9. The van der Waals surface area contributed by atoms with Gasteiger partial charge in [-0.1, -0.05) is 39.3 Å². The van der Waals surface area contributed by atoms with Crippen LogP contribution in [0.3, 0.4) is 0 Å². The monoisotopic (exact) mass is 369 g/mol. The number of benzene rings is 1. The van der Waals surface area contributed by atoms with Gasteiger partial charge < -0.3 is 0 Å². The summed E-state index contributed by atoms with van der Waals surface area (Å²) in [5.41, 5.74) is 1.45. The third-order valence-corrected chi connectivity index (χ3v) is 4.88. The molecule has 0 aliphatic carbocycles. The maximum atomic E-state index is 4.27. The van der Waals surface area contributed by atoms with Crippen LogP contribution in [-0.2, 0) is 12.0 Å². The summed E-state index contributed by atoms with van der Waals surface area (Å²) in [5, 5.41) is 4.27. The molecule has 0 N–H and O–H groups in total. The van der Waals surface area contributed by atoms with Crippen LogP contribution in [0.15, 0.2) is 36.9 Å². The Morgan fingerprint density at radius 3 is 2.53 bits per heavy atom. The van der Waals surface area contributed by atoms with E-state index in [1.54, 1.807) is 12.7 Å². The Bertz CT molecular complexity index is 507. The lowest BCUT2D eigenvalue weighted by atomic mass is 9.71. The second-order valence-corrected chi connectivity index (χ2v) is 6.57. The first-order valence-corrected chi connectivity index (χ1v) is 7.72. The lowest BCUT2D eigenvalue weighted by molar-refractivity contribution is 0.255. The number of hydrogen-bond donors (Lipinski definition) is 0. The van der Waals surface area contributed by atoms with Crippen molar-refractivity contribution in [2.45, 2.75) is 39.2 Å². The molecular weight excluding hydrogens is 349 g/mol. The Morgan fingerprint density at radius 1 is 1.32 bits per heavy atom. The maximum Gasteiger partial charge on any atom is 0.137 e. The van der Waals surface area contributed by atoms with Gasteiger partial charge >= 0.3 is 0 Å². The Morgan fingerprint density at radius 2 is 2.00 bits per heavy atom. The van der Waals surface area contributed by atoms with Gasteiger partial charge in [-0.15, -0.1) is 0 Å². The number of aromatic nitrogens is 3. The average Bonchev–Trinajstić information content (AvgIpc) is 2.91. The second kappa shape index (κ2) is 6.03. The van der Waals surface area contributed by atoms with Gasteiger partial charge in [0, 0.05) is 8.99 Å². The van der Waals surface area contributed by atoms with E-state index in [0.717, 1.165) is 13.0 Å². The molecule has 0 bridgehead atoms. The van der Waals surface area contributed by atoms with Gasteiger partial charge in [0.2, 0.25) is 0 Å². The molecule has 0 aliphatic rings. The molecule has 1 heterocycles. The highest BCUT2D eigenvalue weighted by atomic mass is 127. The molecule has 0 fully saturated rings. The predicted molar refractivity (Wildman–Crippen MR) is 86.0 cm³/mol. The van der Waals surface area contributed by atoms with Crippen LogP contribution in [0.4, 0.5) is 0 Å². The first-order chi connectivity index (χ1) is 9.06. The summed E-state index contributed by atoms with van der Waals surface area (Å²) in [4.78, 5) is 4.05. The zero-order valence-corrected chi connectivity index (χ0v) is 13.8. The smallest absolute Gasteiger partial charge is 0.137 e. The lowest BCUT2D eigenvalue weighted by Crippen LogP contribution is -2.35. The Kier molecular flexibility index (Phi) is 4.60. The van der Waals surface area contributed by atoms with E-state index in [2.05, 4.69) is 77.7 Å². The van der Waals surface area contributed by atoms with Crippen molar-refractivity contribution in [3.05, 3.63) is 46.1 Å². The van der Waals surface area contributed by atoms with Crippen LogP contribution >= 0.6 is 22.6 Å². The standard InChI is InChI=1S/C15H20IN3/c1-4-12(2)15(3,9-19-11-17-10-18-19)13-5-7-14(16)8-6-13/h5-8,10-12H,4,9H2,1-3H3. The molecular formula is C15H20IN3. The van der Waals surface area contributed by atoms with Gasteiger partial charge in [-0.05, 0) is 46.2 Å². The number of hydrogen-bond acceptors (Lipinski definition) is 2. The van der Waals surface area contributed by atoms with Crippen LogP contribution in [0, 0.1) is 9.49 Å². The van der Waals surface area contributed by atoms with Crippen LogP contribution in [-0.4, -0.2) is 14.8 Å². The van der Waals surface area contributed by atoms with Crippen LogP contribution < -0.4 is 0 Å². The number of rotatable bonds is 5. The average molecular weight is 369 g/mol. The Balaban J connectivity index is 2.36. The minimum atomic E-state index is 0.0762. The third-order valence-electron chi connectivity index (χ3n) is 4.16. The molecule has 0 aliphatic heterocycles. The van der Waals surface area contributed by atoms with Gasteiger partial charge in [-0.2, -0.15) is 5.10 Å². The summed E-state index contributed by atoms with van der Waals surface area (Å²) >= 11 is 2.35. The third kappa shape index (κ3) is 3.16. The summed E-state index contributed by atoms with van der Waals surface area (Å²) in [7, 11) is 0. The first kappa shape index (κ1) is 14.5. The minimum absolute atomic E-state index is 0.0762. The highest BCUT2D eigenvalue weighted by Gasteiger charge is 2.32. The Labute approximate surface area is 128 Å². The van der Waals surface area contributed by atoms with Gasteiger partial charge in [0.15, 0.2) is 0 Å². The molecule has 1 aromatic carbocycles. The van der Waals surface area contributed by atoms with Crippen LogP contribution in [0.2, 0.25) is 0 Å². The highest BCUT2D eigenvalue weighted by molar-refractivity contribution is 14.1. The highest BCUT2D eigenvalue weighted by Crippen LogP contribution is 2.35. The molecule has 0 radical (unpaired) electrons. The van der Waals surface area contributed by atoms with E-state index in [0.29, 0.717) is 5.92 Å². The van der Waals surface area contributed by atoms with E-state index in [1.165, 1.54) is 9.13 Å². The van der Waals surface area contributed by atoms with E-state index in [9.17, 15) is 0 Å². The van der Waals surface area contributed by atoms with E-state index < -0.39 is 0 Å². The van der Waals surface area contributed by atoms with E-state index in [-0.39, 0.29) is 5.41 Å². The molecule has 0 saturated carbocycles. The normalized spacial score (nSPS) is 16.0. The summed E-state index contributed by atoms with van der Waals surface area (Å²) in [6, 6.07) is 8.84. The Hall–Kier alpha value is -0.910. The SMILES string of the molecule is CCC(C)C(C)(Cn1cncn1)c1ccc(I)cc1. The van der Waals surface area contributed by atoms with Crippen molar-refractivity contribution in [2.24, 2.45) is 5.92 Å². The van der Waals surface area contributed by atoms with Gasteiger partial charge in [0.25, 0.3) is 0 Å². The van der Waals surface area contributed by atoms with Crippen molar-refractivity contribution < 1.29 is 0 Å². The van der Waals surface area contributed by atoms with E-state index in [4.69, 9.17) is 0 Å². The number of halogens is 1. The van der Waals surface area contributed by atoms with Crippen LogP contribution in [0.5, 0.6) is 0 Å². The van der Waals surface area contributed by atoms with Gasteiger partial charge in [0.05, 0.1) is 6.54 Å². The quantitative estimate of drug-likeness (QED) is 0.749. The molecule has 3 nitrogen and oxygen atoms in total. The van der Waals surface area contributed by atoms with Gasteiger partial charge in [-0.25, -0.2) is 4.98 Å². The molecule has 19 heavy (non-hydrogen) atoms. The first-order valence-electron chi connectivity index (χ1n) is 6.64. The zero-order valence-electron chi connectivity index (χ0n) is 11.7. The molecule has 0 amide bonds. The van der Waals surface area contributed by atoms with Crippen molar-refractivity contribution in [3.63, 3.8) is 0 Å². The fourth-order valence-corrected chi connectivity index (χ4v) is 2.82. The fourth-order valence-electron chi connectivity index (χ4n) is 2.46. The van der Waals surface area contributed by atoms with Crippen molar-refractivity contribution in [1.29, 1.82) is 0 Å². The van der Waals surface area contributed by atoms with Crippen molar-refractivity contribution in [2.75, 3.05) is 0 Å².